The van der Waals surface area contributed by atoms with Gasteiger partial charge in [0.1, 0.15) is 5.84 Å². The second-order valence-electron chi connectivity index (χ2n) is 4.82. The molecule has 0 radical (unpaired) electrons. The van der Waals surface area contributed by atoms with Crippen molar-refractivity contribution >= 4 is 5.84 Å². The van der Waals surface area contributed by atoms with Gasteiger partial charge in [-0.15, -0.1) is 0 Å². The number of nitrogens with zero attached hydrogens (tertiary/aromatic N) is 1. The molecule has 4 nitrogen and oxygen atoms in total. The first-order valence-electron chi connectivity index (χ1n) is 5.84. The van der Waals surface area contributed by atoms with E-state index in [0.717, 1.165) is 5.92 Å². The lowest BCUT2D eigenvalue weighted by Crippen LogP contribution is -2.40. The molecule has 0 spiro atoms. The van der Waals surface area contributed by atoms with E-state index in [1.54, 1.807) is 0 Å². The van der Waals surface area contributed by atoms with Crippen molar-refractivity contribution in [1.29, 1.82) is 0 Å². The third kappa shape index (κ3) is 4.51. The van der Waals surface area contributed by atoms with E-state index >= 15 is 0 Å². The van der Waals surface area contributed by atoms with Gasteiger partial charge in [0.05, 0.1) is 0 Å². The molecule has 15 heavy (non-hydrogen) atoms. The second-order valence-corrected chi connectivity index (χ2v) is 4.82. The predicted octanol–water partition coefficient (Wildman–Crippen LogP) is 1.68. The van der Waals surface area contributed by atoms with Crippen LogP contribution in [0, 0.1) is 5.92 Å². The van der Waals surface area contributed by atoms with Crippen LogP contribution in [0.2, 0.25) is 0 Å². The Morgan fingerprint density at radius 3 is 2.60 bits per heavy atom. The summed E-state index contributed by atoms with van der Waals surface area (Å²) in [6.07, 6.45) is 5.74. The van der Waals surface area contributed by atoms with Crippen molar-refractivity contribution < 1.29 is 5.21 Å². The highest BCUT2D eigenvalue weighted by Crippen LogP contribution is 2.23. The highest BCUT2D eigenvalue weighted by Gasteiger charge is 2.19. The molecule has 1 fully saturated rings. The zero-order valence-corrected chi connectivity index (χ0v) is 9.74. The minimum absolute atomic E-state index is 0.291. The summed E-state index contributed by atoms with van der Waals surface area (Å²) in [7, 11) is 0. The van der Waals surface area contributed by atoms with Gasteiger partial charge in [-0.1, -0.05) is 12.1 Å². The molecule has 1 rings (SSSR count). The minimum Gasteiger partial charge on any atom is -0.409 e. The molecule has 0 aromatic heterocycles. The summed E-state index contributed by atoms with van der Waals surface area (Å²) in [6, 6.07) is 0.905. The quantitative estimate of drug-likeness (QED) is 0.288. The Balaban J connectivity index is 2.23. The first kappa shape index (κ1) is 12.3. The highest BCUT2D eigenvalue weighted by atomic mass is 16.4. The van der Waals surface area contributed by atoms with Gasteiger partial charge in [-0.25, -0.2) is 0 Å². The van der Waals surface area contributed by atoms with Crippen molar-refractivity contribution in [2.75, 3.05) is 0 Å². The van der Waals surface area contributed by atoms with Crippen LogP contribution in [0.3, 0.4) is 0 Å². The first-order chi connectivity index (χ1) is 7.11. The molecule has 1 atom stereocenters. The van der Waals surface area contributed by atoms with E-state index in [2.05, 4.69) is 24.3 Å². The molecule has 1 unspecified atom stereocenters. The fourth-order valence-electron chi connectivity index (χ4n) is 2.24. The van der Waals surface area contributed by atoms with E-state index in [4.69, 9.17) is 10.9 Å². The molecule has 0 bridgehead atoms. The first-order valence-corrected chi connectivity index (χ1v) is 5.84. The number of hydrogen-bond acceptors (Lipinski definition) is 3. The molecule has 0 aromatic carbocycles. The maximum absolute atomic E-state index is 8.46. The molecule has 1 aliphatic carbocycles. The summed E-state index contributed by atoms with van der Waals surface area (Å²) in [5.41, 5.74) is 5.46. The standard InChI is InChI=1S/C11H23N3O/c1-8-3-5-10(6-4-8)13-9(2)7-11(12)14-15/h8-10,13,15H,3-7H2,1-2H3,(H2,12,14). The van der Waals surface area contributed by atoms with Crippen molar-refractivity contribution in [3.05, 3.63) is 0 Å². The summed E-state index contributed by atoms with van der Waals surface area (Å²) in [4.78, 5) is 0. The highest BCUT2D eigenvalue weighted by molar-refractivity contribution is 5.80. The fourth-order valence-corrected chi connectivity index (χ4v) is 2.24. The van der Waals surface area contributed by atoms with Crippen LogP contribution in [0.25, 0.3) is 0 Å². The lowest BCUT2D eigenvalue weighted by atomic mass is 9.87. The van der Waals surface area contributed by atoms with Gasteiger partial charge in [0.15, 0.2) is 0 Å². The van der Waals surface area contributed by atoms with Gasteiger partial charge in [-0.3, -0.25) is 0 Å². The van der Waals surface area contributed by atoms with E-state index in [1.165, 1.54) is 25.7 Å². The molecule has 0 heterocycles. The molecular weight excluding hydrogens is 190 g/mol. The third-order valence-corrected chi connectivity index (χ3v) is 3.18. The number of rotatable bonds is 4. The maximum Gasteiger partial charge on any atom is 0.140 e. The van der Waals surface area contributed by atoms with Crippen LogP contribution in [-0.4, -0.2) is 23.1 Å². The van der Waals surface area contributed by atoms with E-state index < -0.39 is 0 Å². The van der Waals surface area contributed by atoms with Crippen molar-refractivity contribution in [2.24, 2.45) is 16.8 Å². The number of nitrogens with two attached hydrogens (primary N) is 1. The SMILES string of the molecule is CC1CCC(NC(C)CC(N)=NO)CC1. The van der Waals surface area contributed by atoms with Gasteiger partial charge in [-0.2, -0.15) is 0 Å². The normalized spacial score (nSPS) is 30.1. The Labute approximate surface area is 91.9 Å². The molecule has 1 aliphatic rings. The monoisotopic (exact) mass is 213 g/mol. The summed E-state index contributed by atoms with van der Waals surface area (Å²) in [6.45, 7) is 4.39. The molecule has 0 aliphatic heterocycles. The minimum atomic E-state index is 0.291. The van der Waals surface area contributed by atoms with Crippen LogP contribution in [0.4, 0.5) is 0 Å². The Morgan fingerprint density at radius 2 is 2.07 bits per heavy atom. The summed E-state index contributed by atoms with van der Waals surface area (Å²) in [5.74, 6) is 1.18. The molecule has 0 aromatic rings. The Bertz CT molecular complexity index is 210. The molecule has 0 amide bonds. The van der Waals surface area contributed by atoms with E-state index in [9.17, 15) is 0 Å². The number of nitrogens with one attached hydrogen (secondary N) is 1. The van der Waals surface area contributed by atoms with Crippen molar-refractivity contribution in [3.63, 3.8) is 0 Å². The molecule has 4 heteroatoms. The van der Waals surface area contributed by atoms with Crippen molar-refractivity contribution in [2.45, 2.75) is 58.0 Å². The van der Waals surface area contributed by atoms with Crippen molar-refractivity contribution in [1.82, 2.24) is 5.32 Å². The van der Waals surface area contributed by atoms with E-state index in [1.807, 2.05) is 0 Å². The summed E-state index contributed by atoms with van der Waals surface area (Å²) >= 11 is 0. The van der Waals surface area contributed by atoms with Crippen LogP contribution >= 0.6 is 0 Å². The van der Waals surface area contributed by atoms with Crippen LogP contribution in [0.5, 0.6) is 0 Å². The molecule has 88 valence electrons. The van der Waals surface area contributed by atoms with Gasteiger partial charge in [0, 0.05) is 18.5 Å². The van der Waals surface area contributed by atoms with Gasteiger partial charge in [0.25, 0.3) is 0 Å². The van der Waals surface area contributed by atoms with E-state index in [-0.39, 0.29) is 0 Å². The van der Waals surface area contributed by atoms with Crippen LogP contribution in [-0.2, 0) is 0 Å². The summed E-state index contributed by atoms with van der Waals surface area (Å²) < 4.78 is 0. The van der Waals surface area contributed by atoms with Crippen molar-refractivity contribution in [3.8, 4) is 0 Å². The molecule has 4 N–H and O–H groups in total. The zero-order valence-electron chi connectivity index (χ0n) is 9.74. The van der Waals surface area contributed by atoms with Crippen LogP contribution in [0.15, 0.2) is 5.16 Å². The Morgan fingerprint density at radius 1 is 1.47 bits per heavy atom. The average Bonchev–Trinajstić information content (AvgIpc) is 2.21. The number of oxime groups is 1. The predicted molar refractivity (Wildman–Crippen MR) is 62.0 cm³/mol. The summed E-state index contributed by atoms with van der Waals surface area (Å²) in [5, 5.41) is 15.0. The number of amidine groups is 1. The van der Waals surface area contributed by atoms with Crippen LogP contribution in [0.1, 0.15) is 46.0 Å². The third-order valence-electron chi connectivity index (χ3n) is 3.18. The zero-order chi connectivity index (χ0) is 11.3. The molecular formula is C11H23N3O. The van der Waals surface area contributed by atoms with Gasteiger partial charge < -0.3 is 16.3 Å². The fraction of sp³-hybridized carbons (Fsp3) is 0.909. The smallest absolute Gasteiger partial charge is 0.140 e. The van der Waals surface area contributed by atoms with E-state index in [0.29, 0.717) is 24.3 Å². The second kappa shape index (κ2) is 5.95. The molecule has 0 saturated heterocycles. The largest absolute Gasteiger partial charge is 0.409 e. The number of hydrogen-bond donors (Lipinski definition) is 3. The van der Waals surface area contributed by atoms with Gasteiger partial charge in [-0.05, 0) is 38.5 Å². The Hall–Kier alpha value is -0.770. The Kier molecular flexibility index (Phi) is 4.88. The average molecular weight is 213 g/mol. The van der Waals surface area contributed by atoms with Gasteiger partial charge >= 0.3 is 0 Å². The molecule has 1 saturated carbocycles. The van der Waals surface area contributed by atoms with Gasteiger partial charge in [0.2, 0.25) is 0 Å². The maximum atomic E-state index is 8.46. The lowest BCUT2D eigenvalue weighted by molar-refractivity contribution is 0.289. The van der Waals surface area contributed by atoms with Crippen LogP contribution < -0.4 is 11.1 Å². The lowest BCUT2D eigenvalue weighted by Gasteiger charge is -2.29. The topological polar surface area (TPSA) is 70.6 Å².